The molecule has 0 radical (unpaired) electrons. The second-order valence-electron chi connectivity index (χ2n) is 7.83. The maximum Gasteiger partial charge on any atom is 0.251 e. The molecule has 4 rings (SSSR count). The zero-order valence-corrected chi connectivity index (χ0v) is 18.9. The molecule has 2 aromatic heterocycles. The number of nitrogens with zero attached hydrogens (tertiary/aromatic N) is 4. The third-order valence-corrected chi connectivity index (χ3v) is 7.82. The monoisotopic (exact) mass is 442 g/mol. The number of hydrogen-bond acceptors (Lipinski definition) is 5. The molecule has 0 bridgehead atoms. The van der Waals surface area contributed by atoms with E-state index in [1.165, 1.54) is 22.3 Å². The SMILES string of the molecule is Cc1nn([C@H](C)C(=O)N2CCc3ccccc32)c(C)c1S(=O)(=O)N(C)Cc1ccco1. The van der Waals surface area contributed by atoms with Gasteiger partial charge in [0.1, 0.15) is 16.7 Å². The highest BCUT2D eigenvalue weighted by atomic mass is 32.2. The number of carbonyl (C=O) groups excluding carboxylic acids is 1. The molecule has 8 nitrogen and oxygen atoms in total. The molecule has 0 aliphatic carbocycles. The van der Waals surface area contributed by atoms with Gasteiger partial charge in [0.05, 0.1) is 24.2 Å². The molecule has 0 saturated carbocycles. The molecule has 3 aromatic rings. The second-order valence-corrected chi connectivity index (χ2v) is 9.81. The fourth-order valence-corrected chi connectivity index (χ4v) is 5.65. The summed E-state index contributed by atoms with van der Waals surface area (Å²) in [6, 6.07) is 10.6. The standard InChI is InChI=1S/C22H26N4O4S/c1-15-21(31(28,29)24(4)14-19-9-7-13-30-19)16(2)26(23-15)17(3)22(27)25-12-11-18-8-5-6-10-20(18)25/h5-10,13,17H,11-12,14H2,1-4H3/t17-/m1/s1. The number of para-hydroxylation sites is 1. The van der Waals surface area contributed by atoms with E-state index in [-0.39, 0.29) is 17.3 Å². The zero-order valence-electron chi connectivity index (χ0n) is 18.1. The van der Waals surface area contributed by atoms with Gasteiger partial charge in [-0.25, -0.2) is 8.42 Å². The van der Waals surface area contributed by atoms with E-state index in [1.54, 1.807) is 37.8 Å². The smallest absolute Gasteiger partial charge is 0.251 e. The van der Waals surface area contributed by atoms with Crippen LogP contribution < -0.4 is 4.90 Å². The number of sulfonamides is 1. The lowest BCUT2D eigenvalue weighted by molar-refractivity contribution is -0.121. The summed E-state index contributed by atoms with van der Waals surface area (Å²) >= 11 is 0. The zero-order chi connectivity index (χ0) is 22.3. The van der Waals surface area contributed by atoms with Crippen LogP contribution in [0.2, 0.25) is 0 Å². The molecular formula is C22H26N4O4S. The Kier molecular flexibility index (Phi) is 5.49. The average Bonchev–Trinajstić information content (AvgIpc) is 3.46. The lowest BCUT2D eigenvalue weighted by atomic mass is 10.2. The van der Waals surface area contributed by atoms with Gasteiger partial charge in [0.25, 0.3) is 5.91 Å². The first-order valence-electron chi connectivity index (χ1n) is 10.2. The number of anilines is 1. The Morgan fingerprint density at radius 3 is 2.68 bits per heavy atom. The number of fused-ring (bicyclic) bond motifs is 1. The first kappa shape index (κ1) is 21.3. The summed E-state index contributed by atoms with van der Waals surface area (Å²) in [5, 5.41) is 4.44. The summed E-state index contributed by atoms with van der Waals surface area (Å²) in [6.07, 6.45) is 2.32. The number of amides is 1. The number of furan rings is 1. The molecule has 1 atom stereocenters. The number of hydrogen-bond donors (Lipinski definition) is 0. The van der Waals surface area contributed by atoms with E-state index in [0.29, 0.717) is 23.7 Å². The maximum atomic E-state index is 13.3. The van der Waals surface area contributed by atoms with Gasteiger partial charge in [-0.3, -0.25) is 9.48 Å². The normalized spacial score (nSPS) is 14.8. The van der Waals surface area contributed by atoms with Crippen LogP contribution in [-0.4, -0.2) is 42.0 Å². The van der Waals surface area contributed by atoms with Crippen molar-refractivity contribution in [2.75, 3.05) is 18.5 Å². The molecule has 0 fully saturated rings. The summed E-state index contributed by atoms with van der Waals surface area (Å²) in [7, 11) is -2.31. The van der Waals surface area contributed by atoms with Crippen LogP contribution in [0.15, 0.2) is 52.0 Å². The van der Waals surface area contributed by atoms with Crippen molar-refractivity contribution in [2.45, 2.75) is 44.7 Å². The molecule has 164 valence electrons. The minimum Gasteiger partial charge on any atom is -0.468 e. The minimum atomic E-state index is -3.82. The minimum absolute atomic E-state index is 0.108. The van der Waals surface area contributed by atoms with E-state index < -0.39 is 16.1 Å². The van der Waals surface area contributed by atoms with Crippen molar-refractivity contribution in [3.8, 4) is 0 Å². The largest absolute Gasteiger partial charge is 0.468 e. The topological polar surface area (TPSA) is 88.7 Å². The van der Waals surface area contributed by atoms with Crippen molar-refractivity contribution < 1.29 is 17.6 Å². The number of benzene rings is 1. The Balaban J connectivity index is 1.63. The van der Waals surface area contributed by atoms with Gasteiger partial charge in [0.2, 0.25) is 10.0 Å². The Morgan fingerprint density at radius 2 is 1.97 bits per heavy atom. The maximum absolute atomic E-state index is 13.3. The summed E-state index contributed by atoms with van der Waals surface area (Å²) in [4.78, 5) is 15.2. The molecule has 1 amide bonds. The highest BCUT2D eigenvalue weighted by molar-refractivity contribution is 7.89. The lowest BCUT2D eigenvalue weighted by Crippen LogP contribution is -2.35. The third kappa shape index (κ3) is 3.68. The molecule has 0 unspecified atom stereocenters. The molecule has 0 saturated heterocycles. The van der Waals surface area contributed by atoms with E-state index in [2.05, 4.69) is 5.10 Å². The van der Waals surface area contributed by atoms with E-state index in [9.17, 15) is 13.2 Å². The van der Waals surface area contributed by atoms with Gasteiger partial charge in [-0.15, -0.1) is 0 Å². The molecule has 1 aromatic carbocycles. The van der Waals surface area contributed by atoms with Crippen LogP contribution in [0.1, 0.15) is 35.7 Å². The molecular weight excluding hydrogens is 416 g/mol. The molecule has 3 heterocycles. The fraction of sp³-hybridized carbons (Fsp3) is 0.364. The summed E-state index contributed by atoms with van der Waals surface area (Å²) < 4.78 is 34.6. The predicted octanol–water partition coefficient (Wildman–Crippen LogP) is 3.06. The van der Waals surface area contributed by atoms with Crippen LogP contribution in [0.3, 0.4) is 0 Å². The molecule has 0 N–H and O–H groups in total. The van der Waals surface area contributed by atoms with Crippen LogP contribution in [0.25, 0.3) is 0 Å². The first-order valence-corrected chi connectivity index (χ1v) is 11.6. The Bertz CT molecular complexity index is 1210. The van der Waals surface area contributed by atoms with E-state index in [4.69, 9.17) is 4.42 Å². The summed E-state index contributed by atoms with van der Waals surface area (Å²) in [5.74, 6) is 0.438. The van der Waals surface area contributed by atoms with Gasteiger partial charge < -0.3 is 9.32 Å². The quantitative estimate of drug-likeness (QED) is 0.585. The highest BCUT2D eigenvalue weighted by Crippen LogP contribution is 2.31. The average molecular weight is 443 g/mol. The number of aromatic nitrogens is 2. The van der Waals surface area contributed by atoms with Crippen LogP contribution in [0, 0.1) is 13.8 Å². The Labute approximate surface area is 182 Å². The second kappa shape index (κ2) is 7.97. The Hall–Kier alpha value is -2.91. The van der Waals surface area contributed by atoms with Crippen molar-refractivity contribution in [3.63, 3.8) is 0 Å². The molecule has 1 aliphatic heterocycles. The number of rotatable bonds is 6. The molecule has 31 heavy (non-hydrogen) atoms. The van der Waals surface area contributed by atoms with Crippen LogP contribution >= 0.6 is 0 Å². The number of carbonyl (C=O) groups is 1. The lowest BCUT2D eigenvalue weighted by Gasteiger charge is -2.23. The molecule has 0 spiro atoms. The van der Waals surface area contributed by atoms with Gasteiger partial charge >= 0.3 is 0 Å². The summed E-state index contributed by atoms with van der Waals surface area (Å²) in [5.41, 5.74) is 2.86. The van der Waals surface area contributed by atoms with Gasteiger partial charge in [-0.1, -0.05) is 18.2 Å². The summed E-state index contributed by atoms with van der Waals surface area (Å²) in [6.45, 7) is 5.82. The molecule has 9 heteroatoms. The fourth-order valence-electron chi connectivity index (χ4n) is 4.16. The molecule has 1 aliphatic rings. The van der Waals surface area contributed by atoms with Crippen molar-refractivity contribution in [1.82, 2.24) is 14.1 Å². The van der Waals surface area contributed by atoms with Crippen LogP contribution in [0.4, 0.5) is 5.69 Å². The van der Waals surface area contributed by atoms with Crippen molar-refractivity contribution in [3.05, 3.63) is 65.4 Å². The van der Waals surface area contributed by atoms with Gasteiger partial charge in [-0.2, -0.15) is 9.40 Å². The van der Waals surface area contributed by atoms with Crippen LogP contribution in [-0.2, 0) is 27.8 Å². The predicted molar refractivity (Wildman–Crippen MR) is 116 cm³/mol. The van der Waals surface area contributed by atoms with Crippen molar-refractivity contribution in [1.29, 1.82) is 0 Å². The van der Waals surface area contributed by atoms with Gasteiger partial charge in [0, 0.05) is 19.3 Å². The van der Waals surface area contributed by atoms with E-state index in [1.807, 2.05) is 24.3 Å². The van der Waals surface area contributed by atoms with Crippen molar-refractivity contribution in [2.24, 2.45) is 0 Å². The first-order chi connectivity index (χ1) is 14.7. The van der Waals surface area contributed by atoms with E-state index in [0.717, 1.165) is 17.7 Å². The highest BCUT2D eigenvalue weighted by Gasteiger charge is 2.34. The van der Waals surface area contributed by atoms with Gasteiger partial charge in [-0.05, 0) is 51.0 Å². The van der Waals surface area contributed by atoms with Crippen molar-refractivity contribution >= 4 is 21.6 Å². The van der Waals surface area contributed by atoms with Gasteiger partial charge in [0.15, 0.2) is 0 Å². The third-order valence-electron chi connectivity index (χ3n) is 5.76. The van der Waals surface area contributed by atoms with Crippen LogP contribution in [0.5, 0.6) is 0 Å². The van der Waals surface area contributed by atoms with E-state index >= 15 is 0 Å². The Morgan fingerprint density at radius 1 is 1.23 bits per heavy atom. The number of aryl methyl sites for hydroxylation is 1.